The second kappa shape index (κ2) is 9.92. The number of fused-ring (bicyclic) bond motifs is 1. The third-order valence-electron chi connectivity index (χ3n) is 6.77. The number of carbonyl (C=O) groups is 2. The Kier molecular flexibility index (Phi) is 6.28. The van der Waals surface area contributed by atoms with E-state index >= 15 is 0 Å². The molecule has 196 valence electrons. The number of Topliss-reactive ketones (excluding diaryl/α,β-unsaturated/α-hetero) is 1. The Balaban J connectivity index is 1.42. The van der Waals surface area contributed by atoms with E-state index in [1.54, 1.807) is 44.4 Å². The van der Waals surface area contributed by atoms with Gasteiger partial charge < -0.3 is 24.2 Å². The van der Waals surface area contributed by atoms with E-state index in [1.165, 1.54) is 16.2 Å². The van der Waals surface area contributed by atoms with Crippen LogP contribution < -0.4 is 14.2 Å². The topological polar surface area (TPSA) is 98.2 Å². The molecule has 2 aliphatic heterocycles. The SMILES string of the molecule is COc1cccc(C2C(C(=O)c3sc(-c4ccccc4)nc3C)=C(O)C(=O)N2Cc2ccc3c(c2)OCO3)c1. The molecule has 2 aliphatic rings. The van der Waals surface area contributed by atoms with Crippen molar-refractivity contribution in [3.8, 4) is 27.8 Å². The third-order valence-corrected chi connectivity index (χ3v) is 7.98. The van der Waals surface area contributed by atoms with Crippen molar-refractivity contribution in [2.24, 2.45) is 0 Å². The van der Waals surface area contributed by atoms with Gasteiger partial charge in [-0.05, 0) is 42.3 Å². The highest BCUT2D eigenvalue weighted by atomic mass is 32.1. The molecular weight excluding hydrogens is 516 g/mol. The first-order valence-electron chi connectivity index (χ1n) is 12.3. The van der Waals surface area contributed by atoms with Crippen molar-refractivity contribution in [1.29, 1.82) is 0 Å². The molecule has 4 aromatic rings. The van der Waals surface area contributed by atoms with Crippen LogP contribution in [-0.2, 0) is 11.3 Å². The van der Waals surface area contributed by atoms with Gasteiger partial charge >= 0.3 is 0 Å². The minimum absolute atomic E-state index is 0.0142. The third kappa shape index (κ3) is 4.40. The molecule has 0 aliphatic carbocycles. The minimum atomic E-state index is -0.841. The van der Waals surface area contributed by atoms with Gasteiger partial charge in [-0.25, -0.2) is 4.98 Å². The number of methoxy groups -OCH3 is 1. The summed E-state index contributed by atoms with van der Waals surface area (Å²) in [5.41, 5.74) is 2.85. The van der Waals surface area contributed by atoms with Crippen LogP contribution in [0.3, 0.4) is 0 Å². The maximum absolute atomic E-state index is 14.1. The Bertz CT molecular complexity index is 1630. The van der Waals surface area contributed by atoms with Crippen molar-refractivity contribution in [2.75, 3.05) is 13.9 Å². The molecule has 1 N–H and O–H groups in total. The molecule has 1 atom stereocenters. The fourth-order valence-corrected chi connectivity index (χ4v) is 5.90. The Hall–Kier alpha value is -4.63. The van der Waals surface area contributed by atoms with Crippen molar-refractivity contribution in [3.05, 3.63) is 106 Å². The van der Waals surface area contributed by atoms with Crippen molar-refractivity contribution >= 4 is 23.0 Å². The van der Waals surface area contributed by atoms with E-state index in [0.717, 1.165) is 11.1 Å². The van der Waals surface area contributed by atoms with Crippen LogP contribution in [0.4, 0.5) is 0 Å². The molecule has 3 aromatic carbocycles. The van der Waals surface area contributed by atoms with E-state index < -0.39 is 23.5 Å². The number of ether oxygens (including phenoxy) is 3. The van der Waals surface area contributed by atoms with Gasteiger partial charge in [-0.3, -0.25) is 9.59 Å². The molecule has 0 fully saturated rings. The maximum Gasteiger partial charge on any atom is 0.290 e. The molecule has 0 radical (unpaired) electrons. The first-order valence-corrected chi connectivity index (χ1v) is 13.1. The number of hydrogen-bond acceptors (Lipinski definition) is 8. The first kappa shape index (κ1) is 24.7. The van der Waals surface area contributed by atoms with E-state index in [-0.39, 0.29) is 18.9 Å². The maximum atomic E-state index is 14.1. The predicted molar refractivity (Wildman–Crippen MR) is 145 cm³/mol. The molecule has 8 nitrogen and oxygen atoms in total. The highest BCUT2D eigenvalue weighted by Crippen LogP contribution is 2.43. The number of ketones is 1. The van der Waals surface area contributed by atoms with Gasteiger partial charge in [-0.1, -0.05) is 48.5 Å². The Morgan fingerprint density at radius 3 is 2.67 bits per heavy atom. The molecule has 0 spiro atoms. The van der Waals surface area contributed by atoms with Crippen LogP contribution in [0, 0.1) is 6.92 Å². The van der Waals surface area contributed by atoms with Crippen LogP contribution in [0.5, 0.6) is 17.2 Å². The number of amides is 1. The molecule has 3 heterocycles. The number of aliphatic hydroxyl groups excluding tert-OH is 1. The Morgan fingerprint density at radius 2 is 1.87 bits per heavy atom. The quantitative estimate of drug-likeness (QED) is 0.303. The summed E-state index contributed by atoms with van der Waals surface area (Å²) in [4.78, 5) is 34.0. The summed E-state index contributed by atoms with van der Waals surface area (Å²) in [7, 11) is 1.55. The van der Waals surface area contributed by atoms with E-state index in [1.807, 2.05) is 42.5 Å². The average Bonchev–Trinajstić information content (AvgIpc) is 3.66. The lowest BCUT2D eigenvalue weighted by Gasteiger charge is -2.27. The number of aliphatic hydroxyl groups is 1. The summed E-state index contributed by atoms with van der Waals surface area (Å²) in [6, 6.07) is 21.3. The first-order chi connectivity index (χ1) is 18.9. The monoisotopic (exact) mass is 540 g/mol. The fourth-order valence-electron chi connectivity index (χ4n) is 4.88. The van der Waals surface area contributed by atoms with Crippen LogP contribution in [0.15, 0.2) is 84.1 Å². The fraction of sp³-hybridized carbons (Fsp3) is 0.167. The normalized spacial score (nSPS) is 16.2. The number of aromatic nitrogens is 1. The van der Waals surface area contributed by atoms with Crippen molar-refractivity contribution < 1.29 is 28.9 Å². The van der Waals surface area contributed by atoms with Crippen LogP contribution in [0.2, 0.25) is 0 Å². The second-order valence-electron chi connectivity index (χ2n) is 9.19. The summed E-state index contributed by atoms with van der Waals surface area (Å²) in [6.07, 6.45) is 0. The molecule has 0 saturated carbocycles. The average molecular weight is 541 g/mol. The van der Waals surface area contributed by atoms with Gasteiger partial charge in [-0.15, -0.1) is 11.3 Å². The molecule has 1 aromatic heterocycles. The zero-order valence-electron chi connectivity index (χ0n) is 21.2. The number of carbonyl (C=O) groups excluding carboxylic acids is 2. The summed E-state index contributed by atoms with van der Waals surface area (Å²) < 4.78 is 16.3. The molecule has 6 rings (SSSR count). The summed E-state index contributed by atoms with van der Waals surface area (Å²) >= 11 is 1.24. The molecule has 0 bridgehead atoms. The molecule has 39 heavy (non-hydrogen) atoms. The zero-order valence-corrected chi connectivity index (χ0v) is 22.0. The number of aryl methyl sites for hydroxylation is 1. The van der Waals surface area contributed by atoms with Crippen LogP contribution in [0.25, 0.3) is 10.6 Å². The van der Waals surface area contributed by atoms with Crippen LogP contribution in [-0.4, -0.2) is 40.6 Å². The minimum Gasteiger partial charge on any atom is -0.503 e. The molecule has 0 saturated heterocycles. The highest BCUT2D eigenvalue weighted by Gasteiger charge is 2.44. The van der Waals surface area contributed by atoms with Gasteiger partial charge in [0.05, 0.1) is 29.3 Å². The van der Waals surface area contributed by atoms with Crippen LogP contribution >= 0.6 is 11.3 Å². The lowest BCUT2D eigenvalue weighted by atomic mass is 9.94. The van der Waals surface area contributed by atoms with Crippen molar-refractivity contribution in [3.63, 3.8) is 0 Å². The smallest absolute Gasteiger partial charge is 0.290 e. The zero-order chi connectivity index (χ0) is 27.1. The molecule has 9 heteroatoms. The number of hydrogen-bond donors (Lipinski definition) is 1. The van der Waals surface area contributed by atoms with Gasteiger partial charge in [0, 0.05) is 12.1 Å². The molecule has 1 unspecified atom stereocenters. The van der Waals surface area contributed by atoms with E-state index in [9.17, 15) is 14.7 Å². The second-order valence-corrected chi connectivity index (χ2v) is 10.2. The summed E-state index contributed by atoms with van der Waals surface area (Å²) in [6.45, 7) is 2.03. The van der Waals surface area contributed by atoms with E-state index in [2.05, 4.69) is 4.98 Å². The van der Waals surface area contributed by atoms with Gasteiger partial charge in [0.1, 0.15) is 10.8 Å². The summed E-state index contributed by atoms with van der Waals surface area (Å²) in [5.74, 6) is 0.152. The lowest BCUT2D eigenvalue weighted by molar-refractivity contribution is -0.130. The van der Waals surface area contributed by atoms with Crippen molar-refractivity contribution in [1.82, 2.24) is 9.88 Å². The Labute approximate surface area is 228 Å². The van der Waals surface area contributed by atoms with Crippen molar-refractivity contribution in [2.45, 2.75) is 19.5 Å². The molecular formula is C30H24N2O6S. The predicted octanol–water partition coefficient (Wildman–Crippen LogP) is 5.63. The van der Waals surface area contributed by atoms with E-state index in [0.29, 0.717) is 38.4 Å². The number of benzene rings is 3. The highest BCUT2D eigenvalue weighted by molar-refractivity contribution is 7.17. The van der Waals surface area contributed by atoms with Gasteiger partial charge in [0.15, 0.2) is 17.3 Å². The van der Waals surface area contributed by atoms with E-state index in [4.69, 9.17) is 14.2 Å². The van der Waals surface area contributed by atoms with Crippen LogP contribution in [0.1, 0.15) is 32.5 Å². The largest absolute Gasteiger partial charge is 0.503 e. The van der Waals surface area contributed by atoms with Gasteiger partial charge in [0.25, 0.3) is 5.91 Å². The lowest BCUT2D eigenvalue weighted by Crippen LogP contribution is -2.30. The standard InChI is InChI=1S/C30H24N2O6S/c1-17-28(39-29(31-17)19-7-4-3-5-8-19)26(33)24-25(20-9-6-10-21(14-20)36-2)32(30(35)27(24)34)15-18-11-12-22-23(13-18)38-16-37-22/h3-14,25,34H,15-16H2,1-2H3. The molecule has 1 amide bonds. The number of rotatable bonds is 7. The van der Waals surface area contributed by atoms with Gasteiger partial charge in [0.2, 0.25) is 12.6 Å². The number of nitrogens with zero attached hydrogens (tertiary/aromatic N) is 2. The summed E-state index contributed by atoms with van der Waals surface area (Å²) in [5, 5.41) is 11.8. The number of thiazole rings is 1. The van der Waals surface area contributed by atoms with Gasteiger partial charge in [-0.2, -0.15) is 0 Å². The Morgan fingerprint density at radius 1 is 1.08 bits per heavy atom.